The summed E-state index contributed by atoms with van der Waals surface area (Å²) in [7, 11) is 1.57. The predicted octanol–water partition coefficient (Wildman–Crippen LogP) is 4.29. The zero-order chi connectivity index (χ0) is 26.5. The number of imide groups is 1. The Balaban J connectivity index is 1.76. The first kappa shape index (κ1) is 24.8. The van der Waals surface area contributed by atoms with Gasteiger partial charge in [-0.2, -0.15) is 5.26 Å². The maximum absolute atomic E-state index is 14.4. The molecule has 0 unspecified atom stereocenters. The number of nitrogens with zero attached hydrogens (tertiary/aromatic N) is 3. The van der Waals surface area contributed by atoms with E-state index in [0.29, 0.717) is 16.7 Å². The Morgan fingerprint density at radius 1 is 0.973 bits per heavy atom. The van der Waals surface area contributed by atoms with Crippen molar-refractivity contribution < 1.29 is 19.5 Å². The van der Waals surface area contributed by atoms with Gasteiger partial charge >= 0.3 is 12.0 Å². The maximum atomic E-state index is 14.4. The summed E-state index contributed by atoms with van der Waals surface area (Å²) in [5, 5.41) is 22.6. The lowest BCUT2D eigenvalue weighted by Gasteiger charge is -2.45. The van der Waals surface area contributed by atoms with Crippen molar-refractivity contribution in [1.82, 2.24) is 10.2 Å². The Bertz CT molecular complexity index is 1470. The Morgan fingerprint density at radius 2 is 1.54 bits per heavy atom. The van der Waals surface area contributed by atoms with Gasteiger partial charge in [-0.1, -0.05) is 47.5 Å². The number of anilines is 1. The van der Waals surface area contributed by atoms with Crippen LogP contribution in [0.3, 0.4) is 0 Å². The van der Waals surface area contributed by atoms with Crippen LogP contribution in [0.1, 0.15) is 27.0 Å². The molecule has 0 bridgehead atoms. The molecule has 2 N–H and O–H groups in total. The lowest BCUT2D eigenvalue weighted by Crippen LogP contribution is -2.63. The molecular weight excluding hydrogens is 515 g/mol. The van der Waals surface area contributed by atoms with Crippen molar-refractivity contribution in [3.05, 3.63) is 99.0 Å². The fourth-order valence-electron chi connectivity index (χ4n) is 5.59. The first-order valence-electron chi connectivity index (χ1n) is 11.3. The summed E-state index contributed by atoms with van der Waals surface area (Å²) in [6.45, 7) is 0.415. The zero-order valence-corrected chi connectivity index (χ0v) is 21.0. The lowest BCUT2D eigenvalue weighted by molar-refractivity contribution is -0.125. The Hall–Kier alpha value is -3.90. The van der Waals surface area contributed by atoms with Crippen LogP contribution < -0.4 is 10.2 Å². The first-order valence-corrected chi connectivity index (χ1v) is 12.0. The molecule has 2 aliphatic rings. The molecule has 0 radical (unpaired) electrons. The van der Waals surface area contributed by atoms with Gasteiger partial charge in [0, 0.05) is 30.2 Å². The van der Waals surface area contributed by atoms with E-state index in [1.54, 1.807) is 43.4 Å². The van der Waals surface area contributed by atoms with Crippen molar-refractivity contribution in [2.75, 3.05) is 25.0 Å². The third-order valence-electron chi connectivity index (χ3n) is 7.32. The number of halogens is 2. The number of benzene rings is 3. The second-order valence-corrected chi connectivity index (χ2v) is 9.92. The van der Waals surface area contributed by atoms with E-state index in [-0.39, 0.29) is 34.4 Å². The van der Waals surface area contributed by atoms with E-state index >= 15 is 0 Å². The normalized spacial score (nSPS) is 23.1. The second-order valence-electron chi connectivity index (χ2n) is 9.05. The number of carbonyl (C=O) groups excluding carboxylic acids is 2. The molecule has 8 nitrogen and oxygen atoms in total. The molecule has 10 heteroatoms. The van der Waals surface area contributed by atoms with Crippen LogP contribution in [0.5, 0.6) is 0 Å². The van der Waals surface area contributed by atoms with E-state index < -0.39 is 28.9 Å². The summed E-state index contributed by atoms with van der Waals surface area (Å²) in [5.74, 6) is -1.55. The fourth-order valence-corrected chi connectivity index (χ4v) is 6.11. The van der Waals surface area contributed by atoms with Crippen LogP contribution in [0.4, 0.5) is 10.5 Å². The molecule has 5 rings (SSSR count). The van der Waals surface area contributed by atoms with E-state index in [0.717, 1.165) is 4.90 Å². The number of nitrogens with one attached hydrogen (secondary N) is 1. The summed E-state index contributed by atoms with van der Waals surface area (Å²) in [6.07, 6.45) is 0. The van der Waals surface area contributed by atoms with Gasteiger partial charge in [-0.15, -0.1) is 0 Å². The van der Waals surface area contributed by atoms with Crippen molar-refractivity contribution in [3.8, 4) is 6.07 Å². The molecule has 3 amide bonds. The third kappa shape index (κ3) is 3.50. The molecular formula is C27H20Cl2N4O4. The minimum absolute atomic E-state index is 0.0936. The van der Waals surface area contributed by atoms with Gasteiger partial charge in [0.2, 0.25) is 0 Å². The number of carbonyl (C=O) groups is 3. The molecule has 0 aromatic heterocycles. The van der Waals surface area contributed by atoms with E-state index in [2.05, 4.69) is 11.4 Å². The maximum Gasteiger partial charge on any atom is 0.335 e. The molecule has 0 aliphatic carbocycles. The average Bonchev–Trinajstić information content (AvgIpc) is 3.37. The molecule has 2 saturated heterocycles. The number of nitriles is 1. The molecule has 37 heavy (non-hydrogen) atoms. The third-order valence-corrected chi connectivity index (χ3v) is 7.76. The molecule has 1 spiro atoms. The predicted molar refractivity (Wildman–Crippen MR) is 138 cm³/mol. The highest BCUT2D eigenvalue weighted by Crippen LogP contribution is 2.51. The van der Waals surface area contributed by atoms with Crippen LogP contribution in [0.15, 0.2) is 66.7 Å². The van der Waals surface area contributed by atoms with Gasteiger partial charge in [-0.05, 0) is 53.6 Å². The summed E-state index contributed by atoms with van der Waals surface area (Å²) < 4.78 is 0. The number of rotatable bonds is 4. The van der Waals surface area contributed by atoms with Gasteiger partial charge in [0.05, 0.1) is 28.3 Å². The number of likely N-dealkylation sites (N-methyl/N-ethyl adjacent to an activating group) is 1. The van der Waals surface area contributed by atoms with Crippen LogP contribution in [0, 0.1) is 11.3 Å². The summed E-state index contributed by atoms with van der Waals surface area (Å²) >= 11 is 12.4. The topological polar surface area (TPSA) is 114 Å². The van der Waals surface area contributed by atoms with Crippen LogP contribution in [-0.4, -0.2) is 53.6 Å². The highest BCUT2D eigenvalue weighted by atomic mass is 35.5. The van der Waals surface area contributed by atoms with Crippen LogP contribution >= 0.6 is 23.2 Å². The standard InChI is InChI=1S/C27H20Cl2N4O4/c1-32-25(37)33(22-11-20(28)10-21(29)12-22)24(36)27(32)15-31-14-26(27,18-6-2-16(13-30)3-7-18)19-8-4-17(5-9-19)23(34)35/h2-12,31H,14-15H2,1H3,(H,34,35)/t26-,27+/m1/s1. The molecule has 2 atom stereocenters. The first-order chi connectivity index (χ1) is 17.7. The SMILES string of the molecule is CN1C(=O)N(c2cc(Cl)cc(Cl)c2)C(=O)[C@]12CNC[C@@]2(c1ccc(C#N)cc1)c1ccc(C(=O)O)cc1. The van der Waals surface area contributed by atoms with Crippen LogP contribution in [0.2, 0.25) is 10.0 Å². The molecule has 0 saturated carbocycles. The number of carboxylic acid groups (broad SMARTS) is 1. The minimum atomic E-state index is -1.42. The minimum Gasteiger partial charge on any atom is -0.478 e. The fraction of sp³-hybridized carbons (Fsp3) is 0.185. The van der Waals surface area contributed by atoms with Gasteiger partial charge in [0.25, 0.3) is 5.91 Å². The highest BCUT2D eigenvalue weighted by Gasteiger charge is 2.70. The largest absolute Gasteiger partial charge is 0.478 e. The molecule has 2 heterocycles. The number of carboxylic acids is 1. The molecule has 2 aliphatic heterocycles. The number of hydrogen-bond donors (Lipinski definition) is 2. The van der Waals surface area contributed by atoms with E-state index in [1.165, 1.54) is 35.2 Å². The van der Waals surface area contributed by atoms with Gasteiger partial charge in [0.15, 0.2) is 5.54 Å². The lowest BCUT2D eigenvalue weighted by atomic mass is 9.62. The van der Waals surface area contributed by atoms with E-state index in [9.17, 15) is 24.8 Å². The van der Waals surface area contributed by atoms with Crippen molar-refractivity contribution in [2.45, 2.75) is 11.0 Å². The molecule has 186 valence electrons. The highest BCUT2D eigenvalue weighted by molar-refractivity contribution is 6.36. The van der Waals surface area contributed by atoms with Crippen LogP contribution in [-0.2, 0) is 10.2 Å². The number of hydrogen-bond acceptors (Lipinski definition) is 5. The molecule has 3 aromatic rings. The van der Waals surface area contributed by atoms with Gasteiger partial charge in [0.1, 0.15) is 0 Å². The Kier molecular flexibility index (Phi) is 5.95. The summed E-state index contributed by atoms with van der Waals surface area (Å²) in [5.41, 5.74) is -0.412. The van der Waals surface area contributed by atoms with E-state index in [4.69, 9.17) is 23.2 Å². The zero-order valence-electron chi connectivity index (χ0n) is 19.5. The van der Waals surface area contributed by atoms with Crippen molar-refractivity contribution in [2.24, 2.45) is 0 Å². The Labute approximate surface area is 222 Å². The van der Waals surface area contributed by atoms with Gasteiger partial charge in [-0.3, -0.25) is 4.79 Å². The van der Waals surface area contributed by atoms with Crippen LogP contribution in [0.25, 0.3) is 0 Å². The smallest absolute Gasteiger partial charge is 0.335 e. The molecule has 3 aromatic carbocycles. The van der Waals surface area contributed by atoms with E-state index in [1.807, 2.05) is 0 Å². The second kappa shape index (κ2) is 8.89. The average molecular weight is 535 g/mol. The van der Waals surface area contributed by atoms with Crippen molar-refractivity contribution in [1.29, 1.82) is 5.26 Å². The monoisotopic (exact) mass is 534 g/mol. The summed E-state index contributed by atoms with van der Waals surface area (Å²) in [6, 6.07) is 19.2. The summed E-state index contributed by atoms with van der Waals surface area (Å²) in [4.78, 5) is 42.1. The molecule has 2 fully saturated rings. The van der Waals surface area contributed by atoms with Crippen molar-refractivity contribution >= 4 is 46.8 Å². The quantitative estimate of drug-likeness (QED) is 0.482. The van der Waals surface area contributed by atoms with Crippen molar-refractivity contribution in [3.63, 3.8) is 0 Å². The van der Waals surface area contributed by atoms with Gasteiger partial charge in [-0.25, -0.2) is 14.5 Å². The number of amides is 3. The Morgan fingerprint density at radius 3 is 2.08 bits per heavy atom. The van der Waals surface area contributed by atoms with Gasteiger partial charge < -0.3 is 15.3 Å². The number of urea groups is 1. The number of aromatic carboxylic acids is 1.